The molecule has 1 aromatic heterocycles. The van der Waals surface area contributed by atoms with E-state index in [1.165, 1.54) is 43.6 Å². The Morgan fingerprint density at radius 2 is 1.93 bits per heavy atom. The van der Waals surface area contributed by atoms with Gasteiger partial charge in [0.25, 0.3) is 5.91 Å². The fraction of sp³-hybridized carbons (Fsp3) is 0.158. The van der Waals surface area contributed by atoms with Gasteiger partial charge >= 0.3 is 0 Å². The molecule has 3 rings (SSSR count). The predicted octanol–water partition coefficient (Wildman–Crippen LogP) is 4.54. The SMILES string of the molecule is CN(C)S(=O)(=O)c1cccc(C(=O)Nc2ncc(Cc3ccc(Cl)cc3Cl)s2)c1. The van der Waals surface area contributed by atoms with Crippen molar-refractivity contribution in [2.75, 3.05) is 19.4 Å². The van der Waals surface area contributed by atoms with Crippen LogP contribution in [-0.2, 0) is 16.4 Å². The maximum atomic E-state index is 12.5. The lowest BCUT2D eigenvalue weighted by Gasteiger charge is -2.12. The molecule has 0 spiro atoms. The van der Waals surface area contributed by atoms with Crippen LogP contribution >= 0.6 is 34.5 Å². The fourth-order valence-electron chi connectivity index (χ4n) is 2.48. The molecule has 10 heteroatoms. The van der Waals surface area contributed by atoms with E-state index in [9.17, 15) is 13.2 Å². The molecular formula is C19H17Cl2N3O3S2. The molecule has 1 N–H and O–H groups in total. The topological polar surface area (TPSA) is 79.4 Å². The summed E-state index contributed by atoms with van der Waals surface area (Å²) in [6.07, 6.45) is 2.22. The molecule has 0 aliphatic rings. The van der Waals surface area contributed by atoms with Crippen molar-refractivity contribution >= 4 is 55.6 Å². The molecule has 6 nitrogen and oxygen atoms in total. The van der Waals surface area contributed by atoms with Crippen molar-refractivity contribution in [2.24, 2.45) is 0 Å². The van der Waals surface area contributed by atoms with E-state index in [1.807, 2.05) is 6.07 Å². The maximum absolute atomic E-state index is 12.5. The first-order valence-electron chi connectivity index (χ1n) is 8.39. The standard InChI is InChI=1S/C19H17Cl2N3O3S2/c1-24(2)29(26,27)16-5-3-4-13(9-16)18(25)23-19-22-11-15(28-19)8-12-6-7-14(20)10-17(12)21/h3-7,9-11H,8H2,1-2H3,(H,22,23,25). The largest absolute Gasteiger partial charge is 0.298 e. The number of hydrogen-bond donors (Lipinski definition) is 1. The van der Waals surface area contributed by atoms with E-state index >= 15 is 0 Å². The minimum absolute atomic E-state index is 0.0485. The van der Waals surface area contributed by atoms with Crippen LogP contribution in [0.3, 0.4) is 0 Å². The van der Waals surface area contributed by atoms with Gasteiger partial charge < -0.3 is 0 Å². The number of rotatable bonds is 6. The highest BCUT2D eigenvalue weighted by molar-refractivity contribution is 7.89. The van der Waals surface area contributed by atoms with Gasteiger partial charge in [-0.1, -0.05) is 35.3 Å². The number of anilines is 1. The van der Waals surface area contributed by atoms with Crippen molar-refractivity contribution in [3.63, 3.8) is 0 Å². The van der Waals surface area contributed by atoms with Crippen molar-refractivity contribution in [1.29, 1.82) is 0 Å². The number of nitrogens with zero attached hydrogens (tertiary/aromatic N) is 2. The number of thiazole rings is 1. The quantitative estimate of drug-likeness (QED) is 0.574. The summed E-state index contributed by atoms with van der Waals surface area (Å²) in [5.74, 6) is -0.439. The molecule has 0 saturated carbocycles. The molecule has 0 aliphatic heterocycles. The molecule has 152 valence electrons. The Labute approximate surface area is 183 Å². The number of amides is 1. The van der Waals surface area contributed by atoms with Crippen LogP contribution < -0.4 is 5.32 Å². The summed E-state index contributed by atoms with van der Waals surface area (Å²) in [5, 5.41) is 4.24. The van der Waals surface area contributed by atoms with Crippen LogP contribution in [0.4, 0.5) is 5.13 Å². The van der Waals surface area contributed by atoms with Gasteiger partial charge in [0.05, 0.1) is 4.90 Å². The van der Waals surface area contributed by atoms with Gasteiger partial charge in [0, 0.05) is 47.2 Å². The Kier molecular flexibility index (Phi) is 6.60. The molecule has 1 amide bonds. The summed E-state index contributed by atoms with van der Waals surface area (Å²) < 4.78 is 25.6. The lowest BCUT2D eigenvalue weighted by molar-refractivity contribution is 0.102. The van der Waals surface area contributed by atoms with E-state index in [0.717, 1.165) is 14.7 Å². The number of hydrogen-bond acceptors (Lipinski definition) is 5. The first-order chi connectivity index (χ1) is 13.7. The number of sulfonamides is 1. The van der Waals surface area contributed by atoms with Gasteiger partial charge in [-0.15, -0.1) is 11.3 Å². The number of carbonyl (C=O) groups is 1. The summed E-state index contributed by atoms with van der Waals surface area (Å²) in [6.45, 7) is 0. The van der Waals surface area contributed by atoms with E-state index in [4.69, 9.17) is 23.2 Å². The summed E-state index contributed by atoms with van der Waals surface area (Å²) in [5.41, 5.74) is 1.13. The van der Waals surface area contributed by atoms with Crippen LogP contribution in [0.15, 0.2) is 53.6 Å². The molecule has 0 radical (unpaired) electrons. The predicted molar refractivity (Wildman–Crippen MR) is 117 cm³/mol. The number of halogens is 2. The van der Waals surface area contributed by atoms with Crippen molar-refractivity contribution in [2.45, 2.75) is 11.3 Å². The van der Waals surface area contributed by atoms with E-state index < -0.39 is 15.9 Å². The Morgan fingerprint density at radius 1 is 1.17 bits per heavy atom. The zero-order chi connectivity index (χ0) is 21.2. The van der Waals surface area contributed by atoms with Crippen LogP contribution in [0.1, 0.15) is 20.8 Å². The molecule has 0 saturated heterocycles. The Morgan fingerprint density at radius 3 is 2.62 bits per heavy atom. The van der Waals surface area contributed by atoms with Gasteiger partial charge in [0.1, 0.15) is 0 Å². The first kappa shape index (κ1) is 21.7. The Hall–Kier alpha value is -1.97. The van der Waals surface area contributed by atoms with E-state index in [1.54, 1.807) is 24.4 Å². The highest BCUT2D eigenvalue weighted by Crippen LogP contribution is 2.27. The van der Waals surface area contributed by atoms with Gasteiger partial charge in [-0.05, 0) is 35.9 Å². The van der Waals surface area contributed by atoms with Crippen LogP contribution in [0, 0.1) is 0 Å². The molecular weight excluding hydrogens is 453 g/mol. The van der Waals surface area contributed by atoms with Gasteiger partial charge in [-0.2, -0.15) is 0 Å². The molecule has 2 aromatic carbocycles. The van der Waals surface area contributed by atoms with Crippen LogP contribution in [0.25, 0.3) is 0 Å². The maximum Gasteiger partial charge on any atom is 0.257 e. The minimum Gasteiger partial charge on any atom is -0.298 e. The van der Waals surface area contributed by atoms with Crippen molar-refractivity contribution in [3.05, 3.63) is 74.7 Å². The van der Waals surface area contributed by atoms with Crippen molar-refractivity contribution in [1.82, 2.24) is 9.29 Å². The second-order valence-electron chi connectivity index (χ2n) is 6.31. The molecule has 0 aliphatic carbocycles. The minimum atomic E-state index is -3.63. The molecule has 3 aromatic rings. The lowest BCUT2D eigenvalue weighted by Crippen LogP contribution is -2.22. The summed E-state index contributed by atoms with van der Waals surface area (Å²) >= 11 is 13.4. The highest BCUT2D eigenvalue weighted by atomic mass is 35.5. The van der Waals surface area contributed by atoms with Crippen molar-refractivity contribution < 1.29 is 13.2 Å². The van der Waals surface area contributed by atoms with Crippen LogP contribution in [-0.4, -0.2) is 37.7 Å². The lowest BCUT2D eigenvalue weighted by atomic mass is 10.1. The van der Waals surface area contributed by atoms with Gasteiger partial charge in [-0.3, -0.25) is 10.1 Å². The average molecular weight is 470 g/mol. The monoisotopic (exact) mass is 469 g/mol. The highest BCUT2D eigenvalue weighted by Gasteiger charge is 2.19. The third-order valence-corrected chi connectivity index (χ3v) is 7.34. The van der Waals surface area contributed by atoms with Gasteiger partial charge in [0.2, 0.25) is 10.0 Å². The van der Waals surface area contributed by atoms with Gasteiger partial charge in [0.15, 0.2) is 5.13 Å². The third kappa shape index (κ3) is 5.15. The average Bonchev–Trinajstić information content (AvgIpc) is 3.11. The summed E-state index contributed by atoms with van der Waals surface area (Å²) in [4.78, 5) is 17.7. The van der Waals surface area contributed by atoms with E-state index in [-0.39, 0.29) is 10.5 Å². The number of benzene rings is 2. The van der Waals surface area contributed by atoms with Crippen molar-refractivity contribution in [3.8, 4) is 0 Å². The molecule has 0 atom stereocenters. The number of carbonyl (C=O) groups excluding carboxylic acids is 1. The Bertz CT molecular complexity index is 1160. The van der Waals surface area contributed by atoms with Gasteiger partial charge in [-0.25, -0.2) is 17.7 Å². The van der Waals surface area contributed by atoms with Crippen LogP contribution in [0.2, 0.25) is 10.0 Å². The second kappa shape index (κ2) is 8.81. The van der Waals surface area contributed by atoms with E-state index in [0.29, 0.717) is 21.6 Å². The smallest absolute Gasteiger partial charge is 0.257 e. The van der Waals surface area contributed by atoms with E-state index in [2.05, 4.69) is 10.3 Å². The Balaban J connectivity index is 1.74. The molecule has 0 bridgehead atoms. The number of aromatic nitrogens is 1. The molecule has 1 heterocycles. The second-order valence-corrected chi connectivity index (χ2v) is 10.4. The normalized spacial score (nSPS) is 11.6. The van der Waals surface area contributed by atoms with Crippen LogP contribution in [0.5, 0.6) is 0 Å². The third-order valence-electron chi connectivity index (χ3n) is 4.03. The molecule has 29 heavy (non-hydrogen) atoms. The molecule has 0 fully saturated rings. The molecule has 0 unspecified atom stereocenters. The zero-order valence-electron chi connectivity index (χ0n) is 15.5. The number of nitrogens with one attached hydrogen (secondary N) is 1. The fourth-order valence-corrected chi connectivity index (χ4v) is 4.73. The first-order valence-corrected chi connectivity index (χ1v) is 11.4. The summed E-state index contributed by atoms with van der Waals surface area (Å²) in [7, 11) is -0.752. The zero-order valence-corrected chi connectivity index (χ0v) is 18.7. The summed E-state index contributed by atoms with van der Waals surface area (Å²) in [6, 6.07) is 11.2.